The van der Waals surface area contributed by atoms with Crippen LogP contribution in [0.25, 0.3) is 11.0 Å². The molecule has 0 bridgehead atoms. The van der Waals surface area contributed by atoms with Gasteiger partial charge in [-0.05, 0) is 36.8 Å². The van der Waals surface area contributed by atoms with E-state index < -0.39 is 30.4 Å². The van der Waals surface area contributed by atoms with Gasteiger partial charge in [0.15, 0.2) is 0 Å². The zero-order chi connectivity index (χ0) is 20.5. The quantitative estimate of drug-likeness (QED) is 0.687. The SMILES string of the molecule is COC(=O)c1ccc(C)c(NC(=O)Cn2c(C(F)(F)F)nc3ccccc32)c1. The molecule has 28 heavy (non-hydrogen) atoms. The number of carbonyl (C=O) groups excluding carboxylic acids is 2. The van der Waals surface area contributed by atoms with E-state index in [9.17, 15) is 22.8 Å². The summed E-state index contributed by atoms with van der Waals surface area (Å²) in [5.41, 5.74) is 1.52. The molecule has 146 valence electrons. The van der Waals surface area contributed by atoms with Gasteiger partial charge in [-0.1, -0.05) is 18.2 Å². The minimum absolute atomic E-state index is 0.145. The van der Waals surface area contributed by atoms with E-state index in [2.05, 4.69) is 15.0 Å². The van der Waals surface area contributed by atoms with Crippen molar-refractivity contribution in [3.63, 3.8) is 0 Å². The molecule has 6 nitrogen and oxygen atoms in total. The molecule has 2 aromatic carbocycles. The van der Waals surface area contributed by atoms with Crippen LogP contribution in [0, 0.1) is 6.92 Å². The first-order chi connectivity index (χ1) is 13.2. The van der Waals surface area contributed by atoms with Crippen LogP contribution in [0.2, 0.25) is 0 Å². The van der Waals surface area contributed by atoms with Crippen LogP contribution >= 0.6 is 0 Å². The van der Waals surface area contributed by atoms with Gasteiger partial charge in [-0.3, -0.25) is 4.79 Å². The van der Waals surface area contributed by atoms with Gasteiger partial charge in [0.25, 0.3) is 0 Å². The van der Waals surface area contributed by atoms with Crippen molar-refractivity contribution in [2.45, 2.75) is 19.6 Å². The molecule has 0 saturated heterocycles. The van der Waals surface area contributed by atoms with Gasteiger partial charge in [-0.2, -0.15) is 13.2 Å². The van der Waals surface area contributed by atoms with Crippen molar-refractivity contribution >= 4 is 28.6 Å². The van der Waals surface area contributed by atoms with Crippen molar-refractivity contribution < 1.29 is 27.5 Å². The molecule has 1 aromatic heterocycles. The zero-order valence-electron chi connectivity index (χ0n) is 15.0. The molecule has 0 saturated carbocycles. The smallest absolute Gasteiger partial charge is 0.449 e. The second-order valence-corrected chi connectivity index (χ2v) is 6.08. The first-order valence-electron chi connectivity index (χ1n) is 8.22. The topological polar surface area (TPSA) is 73.2 Å². The Hall–Kier alpha value is -3.36. The number of imidazole rings is 1. The Kier molecular flexibility index (Phi) is 5.08. The summed E-state index contributed by atoms with van der Waals surface area (Å²) < 4.78 is 45.5. The second kappa shape index (κ2) is 7.34. The van der Waals surface area contributed by atoms with Crippen molar-refractivity contribution in [3.8, 4) is 0 Å². The number of halogens is 3. The number of nitrogens with one attached hydrogen (secondary N) is 1. The van der Waals surface area contributed by atoms with Gasteiger partial charge in [-0.15, -0.1) is 0 Å². The highest BCUT2D eigenvalue weighted by Crippen LogP contribution is 2.31. The van der Waals surface area contributed by atoms with E-state index in [-0.39, 0.29) is 16.6 Å². The molecule has 9 heteroatoms. The normalized spacial score (nSPS) is 11.5. The van der Waals surface area contributed by atoms with E-state index in [4.69, 9.17) is 0 Å². The number of carbonyl (C=O) groups is 2. The molecule has 1 amide bonds. The van der Waals surface area contributed by atoms with Crippen LogP contribution in [-0.2, 0) is 22.3 Å². The minimum atomic E-state index is -4.71. The summed E-state index contributed by atoms with van der Waals surface area (Å²) >= 11 is 0. The Labute approximate surface area is 157 Å². The van der Waals surface area contributed by atoms with Crippen LogP contribution in [0.3, 0.4) is 0 Å². The van der Waals surface area contributed by atoms with E-state index in [1.807, 2.05) is 0 Å². The van der Waals surface area contributed by atoms with Crippen LogP contribution in [0.5, 0.6) is 0 Å². The lowest BCUT2D eigenvalue weighted by Crippen LogP contribution is -2.23. The average Bonchev–Trinajstić information content (AvgIpc) is 3.02. The third-order valence-corrected chi connectivity index (χ3v) is 4.14. The summed E-state index contributed by atoms with van der Waals surface area (Å²) in [6.07, 6.45) is -4.71. The number of rotatable bonds is 4. The first-order valence-corrected chi connectivity index (χ1v) is 8.22. The average molecular weight is 391 g/mol. The largest absolute Gasteiger partial charge is 0.465 e. The number of hydrogen-bond donors (Lipinski definition) is 1. The van der Waals surface area contributed by atoms with Gasteiger partial charge in [0.1, 0.15) is 6.54 Å². The van der Waals surface area contributed by atoms with Crippen molar-refractivity contribution in [1.82, 2.24) is 9.55 Å². The van der Waals surface area contributed by atoms with Crippen LogP contribution in [0.15, 0.2) is 42.5 Å². The van der Waals surface area contributed by atoms with Crippen molar-refractivity contribution in [3.05, 3.63) is 59.4 Å². The molecule has 0 fully saturated rings. The number of fused-ring (bicyclic) bond motifs is 1. The molecular weight excluding hydrogens is 375 g/mol. The predicted molar refractivity (Wildman–Crippen MR) is 95.9 cm³/mol. The number of anilines is 1. The van der Waals surface area contributed by atoms with Gasteiger partial charge >= 0.3 is 12.1 Å². The van der Waals surface area contributed by atoms with Gasteiger partial charge in [0, 0.05) is 5.69 Å². The lowest BCUT2D eigenvalue weighted by Gasteiger charge is -2.13. The van der Waals surface area contributed by atoms with Gasteiger partial charge < -0.3 is 14.6 Å². The Morgan fingerprint density at radius 2 is 1.89 bits per heavy atom. The summed E-state index contributed by atoms with van der Waals surface area (Å²) in [7, 11) is 1.23. The maximum atomic E-state index is 13.3. The number of para-hydroxylation sites is 2. The lowest BCUT2D eigenvalue weighted by atomic mass is 10.1. The Bertz CT molecular complexity index is 1060. The maximum absolute atomic E-state index is 13.3. The first kappa shape index (κ1) is 19.4. The Morgan fingerprint density at radius 3 is 2.57 bits per heavy atom. The van der Waals surface area contributed by atoms with Gasteiger partial charge in [-0.25, -0.2) is 9.78 Å². The lowest BCUT2D eigenvalue weighted by molar-refractivity contribution is -0.147. The van der Waals surface area contributed by atoms with E-state index in [0.717, 1.165) is 4.57 Å². The number of methoxy groups -OCH3 is 1. The molecule has 0 aliphatic heterocycles. The van der Waals surface area contributed by atoms with Crippen LogP contribution < -0.4 is 5.32 Å². The minimum Gasteiger partial charge on any atom is -0.465 e. The number of amides is 1. The summed E-state index contributed by atoms with van der Waals surface area (Å²) in [5.74, 6) is -2.42. The number of aryl methyl sites for hydroxylation is 1. The van der Waals surface area contributed by atoms with E-state index in [1.165, 1.54) is 31.4 Å². The Balaban J connectivity index is 1.91. The fourth-order valence-electron chi connectivity index (χ4n) is 2.79. The molecule has 1 N–H and O–H groups in total. The molecule has 1 heterocycles. The highest BCUT2D eigenvalue weighted by atomic mass is 19.4. The number of nitrogens with zero attached hydrogens (tertiary/aromatic N) is 2. The molecule has 0 atom stereocenters. The molecule has 3 aromatic rings. The van der Waals surface area contributed by atoms with Gasteiger partial charge in [0.2, 0.25) is 11.7 Å². The number of esters is 1. The summed E-state index contributed by atoms with van der Waals surface area (Å²) in [4.78, 5) is 27.7. The molecule has 3 rings (SSSR count). The van der Waals surface area contributed by atoms with Crippen LogP contribution in [0.1, 0.15) is 21.7 Å². The number of hydrogen-bond acceptors (Lipinski definition) is 4. The molecule has 0 spiro atoms. The molecular formula is C19H16F3N3O3. The summed E-state index contributed by atoms with van der Waals surface area (Å²) in [6.45, 7) is 1.11. The standard InChI is InChI=1S/C19H16F3N3O3/c1-11-7-8-12(17(27)28-2)9-14(11)23-16(26)10-25-15-6-4-3-5-13(15)24-18(25)19(20,21)22/h3-9H,10H2,1-2H3,(H,23,26). The van der Waals surface area contributed by atoms with E-state index in [1.54, 1.807) is 25.1 Å². The van der Waals surface area contributed by atoms with Crippen LogP contribution in [0.4, 0.5) is 18.9 Å². The maximum Gasteiger partial charge on any atom is 0.449 e. The molecule has 0 radical (unpaired) electrons. The van der Waals surface area contributed by atoms with E-state index >= 15 is 0 Å². The number of benzene rings is 2. The fourth-order valence-corrected chi connectivity index (χ4v) is 2.79. The fraction of sp³-hybridized carbons (Fsp3) is 0.211. The molecule has 0 aliphatic carbocycles. The summed E-state index contributed by atoms with van der Waals surface area (Å²) in [5, 5.41) is 2.55. The zero-order valence-corrected chi connectivity index (χ0v) is 15.0. The highest BCUT2D eigenvalue weighted by Gasteiger charge is 2.38. The highest BCUT2D eigenvalue weighted by molar-refractivity contribution is 5.95. The van der Waals surface area contributed by atoms with Gasteiger partial charge in [0.05, 0.1) is 23.7 Å². The Morgan fingerprint density at radius 1 is 1.18 bits per heavy atom. The summed E-state index contributed by atoms with van der Waals surface area (Å²) in [6, 6.07) is 10.6. The number of aromatic nitrogens is 2. The number of alkyl halides is 3. The second-order valence-electron chi connectivity index (χ2n) is 6.08. The number of ether oxygens (including phenoxy) is 1. The predicted octanol–water partition coefficient (Wildman–Crippen LogP) is 3.79. The molecule has 0 unspecified atom stereocenters. The monoisotopic (exact) mass is 391 g/mol. The van der Waals surface area contributed by atoms with Crippen molar-refractivity contribution in [1.29, 1.82) is 0 Å². The van der Waals surface area contributed by atoms with Crippen LogP contribution in [-0.4, -0.2) is 28.5 Å². The third-order valence-electron chi connectivity index (χ3n) is 4.14. The molecule has 0 aliphatic rings. The van der Waals surface area contributed by atoms with Crippen molar-refractivity contribution in [2.75, 3.05) is 12.4 Å². The van der Waals surface area contributed by atoms with E-state index in [0.29, 0.717) is 11.3 Å². The van der Waals surface area contributed by atoms with Crippen molar-refractivity contribution in [2.24, 2.45) is 0 Å². The third kappa shape index (κ3) is 3.83.